The van der Waals surface area contributed by atoms with Gasteiger partial charge < -0.3 is 9.64 Å². The molecule has 1 aromatic carbocycles. The lowest BCUT2D eigenvalue weighted by atomic mass is 10.0. The smallest absolute Gasteiger partial charge is 0.264 e. The van der Waals surface area contributed by atoms with Crippen LogP contribution in [0.2, 0.25) is 0 Å². The quantitative estimate of drug-likeness (QED) is 0.389. The van der Waals surface area contributed by atoms with Gasteiger partial charge in [-0.3, -0.25) is 14.6 Å². The Balaban J connectivity index is 1.18. The van der Waals surface area contributed by atoms with Gasteiger partial charge in [-0.1, -0.05) is 12.1 Å². The van der Waals surface area contributed by atoms with E-state index >= 15 is 0 Å². The highest BCUT2D eigenvalue weighted by Crippen LogP contribution is 2.47. The van der Waals surface area contributed by atoms with E-state index < -0.39 is 0 Å². The zero-order chi connectivity index (χ0) is 22.8. The number of fused-ring (bicyclic) bond motifs is 4. The van der Waals surface area contributed by atoms with Gasteiger partial charge >= 0.3 is 0 Å². The third kappa shape index (κ3) is 3.08. The molecule has 170 valence electrons. The number of benzene rings is 1. The van der Waals surface area contributed by atoms with Crippen LogP contribution in [-0.4, -0.2) is 57.1 Å². The molecule has 7 rings (SSSR count). The molecular weight excluding hydrogens is 466 g/mol. The molecule has 34 heavy (non-hydrogen) atoms. The number of nitrogens with zero attached hydrogens (tertiary/aromatic N) is 4. The van der Waals surface area contributed by atoms with Crippen LogP contribution in [0.5, 0.6) is 0 Å². The van der Waals surface area contributed by atoms with Crippen LogP contribution in [-0.2, 0) is 18.2 Å². The maximum absolute atomic E-state index is 12.8. The van der Waals surface area contributed by atoms with E-state index in [2.05, 4.69) is 44.9 Å². The minimum Gasteiger partial charge on any atom is -0.378 e. The van der Waals surface area contributed by atoms with Crippen LogP contribution in [0.1, 0.15) is 20.1 Å². The SMILES string of the molecule is Cn1ncc2ccc(-c3n[nH]c4c3Cc3sc(-c5csc(C(=O)N6CCOCC6)c5)cc3-4)cc21. The van der Waals surface area contributed by atoms with Crippen molar-refractivity contribution in [3.05, 3.63) is 57.2 Å². The number of thiophene rings is 2. The van der Waals surface area contributed by atoms with Gasteiger partial charge in [0.1, 0.15) is 0 Å². The summed E-state index contributed by atoms with van der Waals surface area (Å²) in [6.07, 6.45) is 2.76. The maximum atomic E-state index is 12.8. The summed E-state index contributed by atoms with van der Waals surface area (Å²) in [5, 5.41) is 15.6. The van der Waals surface area contributed by atoms with E-state index in [4.69, 9.17) is 4.74 Å². The summed E-state index contributed by atoms with van der Waals surface area (Å²) in [4.78, 5) is 18.0. The average Bonchev–Trinajstić information content (AvgIpc) is 3.66. The van der Waals surface area contributed by atoms with Crippen LogP contribution in [0, 0.1) is 0 Å². The summed E-state index contributed by atoms with van der Waals surface area (Å²) in [5.41, 5.74) is 7.92. The Morgan fingerprint density at radius 3 is 2.91 bits per heavy atom. The second kappa shape index (κ2) is 7.63. The molecule has 0 bridgehead atoms. The first kappa shape index (κ1) is 20.1. The maximum Gasteiger partial charge on any atom is 0.264 e. The highest BCUT2D eigenvalue weighted by atomic mass is 32.1. The van der Waals surface area contributed by atoms with Crippen molar-refractivity contribution in [1.82, 2.24) is 24.9 Å². The minimum atomic E-state index is 0.106. The highest BCUT2D eigenvalue weighted by molar-refractivity contribution is 7.17. The van der Waals surface area contributed by atoms with E-state index in [9.17, 15) is 4.79 Å². The predicted molar refractivity (Wildman–Crippen MR) is 134 cm³/mol. The first-order chi connectivity index (χ1) is 16.7. The van der Waals surface area contributed by atoms with Crippen LogP contribution in [0.4, 0.5) is 0 Å². The van der Waals surface area contributed by atoms with E-state index in [1.54, 1.807) is 0 Å². The van der Waals surface area contributed by atoms with E-state index in [1.807, 2.05) is 40.2 Å². The number of aromatic nitrogens is 4. The zero-order valence-corrected chi connectivity index (χ0v) is 20.1. The number of carbonyl (C=O) groups is 1. The third-order valence-corrected chi connectivity index (χ3v) is 8.80. The lowest BCUT2D eigenvalue weighted by Crippen LogP contribution is -2.40. The van der Waals surface area contributed by atoms with Gasteiger partial charge in [0.15, 0.2) is 0 Å². The summed E-state index contributed by atoms with van der Waals surface area (Å²) in [6, 6.07) is 10.7. The average molecular weight is 488 g/mol. The van der Waals surface area contributed by atoms with Crippen molar-refractivity contribution < 1.29 is 9.53 Å². The molecule has 1 N–H and O–H groups in total. The van der Waals surface area contributed by atoms with Gasteiger partial charge in [0, 0.05) is 69.3 Å². The van der Waals surface area contributed by atoms with Gasteiger partial charge in [-0.25, -0.2) is 0 Å². The second-order valence-corrected chi connectivity index (χ2v) is 10.7. The first-order valence-electron chi connectivity index (χ1n) is 11.2. The highest BCUT2D eigenvalue weighted by Gasteiger charge is 2.28. The number of amides is 1. The van der Waals surface area contributed by atoms with E-state index in [1.165, 1.54) is 32.2 Å². The Kier molecular flexibility index (Phi) is 4.52. The van der Waals surface area contributed by atoms with Gasteiger partial charge in [-0.15, -0.1) is 22.7 Å². The molecule has 0 spiro atoms. The first-order valence-corrected chi connectivity index (χ1v) is 12.9. The fraction of sp³-hybridized carbons (Fsp3) is 0.240. The lowest BCUT2D eigenvalue weighted by molar-refractivity contribution is 0.0306. The third-order valence-electron chi connectivity index (χ3n) is 6.70. The lowest BCUT2D eigenvalue weighted by Gasteiger charge is -2.26. The summed E-state index contributed by atoms with van der Waals surface area (Å²) >= 11 is 3.33. The summed E-state index contributed by atoms with van der Waals surface area (Å²) < 4.78 is 7.27. The van der Waals surface area contributed by atoms with E-state index in [0.29, 0.717) is 26.3 Å². The molecule has 9 heteroatoms. The molecule has 1 amide bonds. The van der Waals surface area contributed by atoms with Crippen molar-refractivity contribution in [2.24, 2.45) is 7.05 Å². The van der Waals surface area contributed by atoms with Crippen LogP contribution in [0.25, 0.3) is 43.9 Å². The Hall–Kier alpha value is -3.27. The fourth-order valence-electron chi connectivity index (χ4n) is 4.86. The number of aromatic amines is 1. The molecule has 1 aliphatic heterocycles. The molecule has 1 saturated heterocycles. The molecule has 1 fully saturated rings. The molecule has 2 aliphatic rings. The van der Waals surface area contributed by atoms with Gasteiger partial charge in [0.25, 0.3) is 5.91 Å². The molecule has 0 atom stereocenters. The van der Waals surface area contributed by atoms with Crippen LogP contribution < -0.4 is 0 Å². The van der Waals surface area contributed by atoms with Crippen molar-refractivity contribution >= 4 is 39.5 Å². The van der Waals surface area contributed by atoms with Gasteiger partial charge in [-0.2, -0.15) is 10.2 Å². The fourth-order valence-corrected chi connectivity index (χ4v) is 6.98. The van der Waals surface area contributed by atoms with Crippen molar-refractivity contribution in [1.29, 1.82) is 0 Å². The molecule has 0 radical (unpaired) electrons. The van der Waals surface area contributed by atoms with Crippen molar-refractivity contribution in [2.45, 2.75) is 6.42 Å². The number of H-pyrrole nitrogens is 1. The Labute approximate surface area is 203 Å². The van der Waals surface area contributed by atoms with Crippen LogP contribution >= 0.6 is 22.7 Å². The molecule has 1 aliphatic carbocycles. The van der Waals surface area contributed by atoms with Crippen molar-refractivity contribution in [3.8, 4) is 33.0 Å². The summed E-state index contributed by atoms with van der Waals surface area (Å²) in [7, 11) is 1.96. The summed E-state index contributed by atoms with van der Waals surface area (Å²) in [6.45, 7) is 2.56. The molecule has 5 aromatic rings. The van der Waals surface area contributed by atoms with Gasteiger partial charge in [0.05, 0.1) is 41.2 Å². The molecule has 0 saturated carbocycles. The second-order valence-electron chi connectivity index (χ2n) is 8.70. The standard InChI is InChI=1S/C25H21N5O2S2/c1-29-19-8-14(2-3-15(19)12-26-29)23-18-11-21-17(24(18)28-27-23)10-20(34-21)16-9-22(33-13-16)25(31)30-4-6-32-7-5-30/h2-3,8-10,12-13H,4-7,11H2,1H3,(H,27,28). The number of rotatable bonds is 3. The Morgan fingerprint density at radius 2 is 2.03 bits per heavy atom. The molecule has 5 heterocycles. The van der Waals surface area contributed by atoms with E-state index in [-0.39, 0.29) is 5.91 Å². The number of morpholine rings is 1. The molecule has 4 aromatic heterocycles. The topological polar surface area (TPSA) is 76.0 Å². The number of hydrogen-bond donors (Lipinski definition) is 1. The number of ether oxygens (including phenoxy) is 1. The zero-order valence-electron chi connectivity index (χ0n) is 18.5. The van der Waals surface area contributed by atoms with Crippen LogP contribution in [0.3, 0.4) is 0 Å². The normalized spacial score (nSPS) is 15.1. The number of carbonyl (C=O) groups excluding carboxylic acids is 1. The predicted octanol–water partition coefficient (Wildman–Crippen LogP) is 4.80. The van der Waals surface area contributed by atoms with Crippen molar-refractivity contribution in [3.63, 3.8) is 0 Å². The summed E-state index contributed by atoms with van der Waals surface area (Å²) in [5.74, 6) is 0.106. The van der Waals surface area contributed by atoms with Gasteiger partial charge in [0.2, 0.25) is 0 Å². The van der Waals surface area contributed by atoms with Crippen LogP contribution in [0.15, 0.2) is 41.9 Å². The Bertz CT molecular complexity index is 1570. The molecule has 7 nitrogen and oxygen atoms in total. The van der Waals surface area contributed by atoms with Gasteiger partial charge in [-0.05, 0) is 18.2 Å². The minimum absolute atomic E-state index is 0.106. The van der Waals surface area contributed by atoms with E-state index in [0.717, 1.165) is 44.7 Å². The number of hydrogen-bond acceptors (Lipinski definition) is 6. The largest absolute Gasteiger partial charge is 0.378 e. The Morgan fingerprint density at radius 1 is 1.15 bits per heavy atom. The van der Waals surface area contributed by atoms with Crippen molar-refractivity contribution in [2.75, 3.05) is 26.3 Å². The number of nitrogens with one attached hydrogen (secondary N) is 1. The number of aryl methyl sites for hydroxylation is 1. The molecule has 0 unspecified atom stereocenters. The monoisotopic (exact) mass is 487 g/mol. The molecular formula is C25H21N5O2S2.